The maximum absolute atomic E-state index is 13.5. The van der Waals surface area contributed by atoms with Crippen LogP contribution in [0.4, 0.5) is 10.1 Å². The molecule has 0 aromatic heterocycles. The number of ether oxygens (including phenoxy) is 1. The number of benzene rings is 2. The van der Waals surface area contributed by atoms with Gasteiger partial charge in [0.1, 0.15) is 11.8 Å². The lowest BCUT2D eigenvalue weighted by atomic mass is 10.2. The molecule has 2 aromatic rings. The zero-order valence-corrected chi connectivity index (χ0v) is 9.91. The highest BCUT2D eigenvalue weighted by Gasteiger charge is 2.09. The summed E-state index contributed by atoms with van der Waals surface area (Å²) in [6, 6.07) is 10.6. The summed E-state index contributed by atoms with van der Waals surface area (Å²) < 4.78 is 18.8. The highest BCUT2D eigenvalue weighted by atomic mass is 35.5. The molecule has 0 saturated carbocycles. The fourth-order valence-corrected chi connectivity index (χ4v) is 1.61. The summed E-state index contributed by atoms with van der Waals surface area (Å²) in [4.78, 5) is 0. The Hall–Kier alpha value is -2.25. The monoisotopic (exact) mass is 262 g/mol. The van der Waals surface area contributed by atoms with E-state index >= 15 is 0 Å². The fourth-order valence-electron chi connectivity index (χ4n) is 1.40. The normalized spacial score (nSPS) is 9.83. The minimum atomic E-state index is -0.560. The Morgan fingerprint density at radius 3 is 2.67 bits per heavy atom. The Labute approximate surface area is 108 Å². The van der Waals surface area contributed by atoms with Crippen LogP contribution in [-0.4, -0.2) is 0 Å². The number of nitrogens with zero attached hydrogens (tertiary/aromatic N) is 1. The van der Waals surface area contributed by atoms with Crippen LogP contribution in [0.15, 0.2) is 36.4 Å². The van der Waals surface area contributed by atoms with E-state index in [-0.39, 0.29) is 16.5 Å². The zero-order chi connectivity index (χ0) is 13.1. The van der Waals surface area contributed by atoms with Crippen LogP contribution in [0.1, 0.15) is 5.56 Å². The smallest absolute Gasteiger partial charge is 0.185 e. The summed E-state index contributed by atoms with van der Waals surface area (Å²) >= 11 is 5.85. The number of halogens is 2. The Bertz CT molecular complexity index is 617. The van der Waals surface area contributed by atoms with Crippen molar-refractivity contribution in [3.05, 3.63) is 52.8 Å². The molecule has 0 heterocycles. The lowest BCUT2D eigenvalue weighted by Crippen LogP contribution is -1.95. The molecule has 5 heteroatoms. The first kappa shape index (κ1) is 12.2. The van der Waals surface area contributed by atoms with Gasteiger partial charge in [0.15, 0.2) is 11.6 Å². The quantitative estimate of drug-likeness (QED) is 0.839. The summed E-state index contributed by atoms with van der Waals surface area (Å²) in [5.41, 5.74) is 6.13. The van der Waals surface area contributed by atoms with Crippen molar-refractivity contribution in [1.82, 2.24) is 0 Å². The number of hydrogen-bond acceptors (Lipinski definition) is 3. The van der Waals surface area contributed by atoms with Gasteiger partial charge in [-0.15, -0.1) is 0 Å². The predicted molar refractivity (Wildman–Crippen MR) is 67.1 cm³/mol. The van der Waals surface area contributed by atoms with E-state index in [2.05, 4.69) is 0 Å². The van der Waals surface area contributed by atoms with Gasteiger partial charge in [-0.1, -0.05) is 17.7 Å². The average molecular weight is 263 g/mol. The predicted octanol–water partition coefficient (Wildman–Crippen LogP) is 3.73. The lowest BCUT2D eigenvalue weighted by molar-refractivity contribution is 0.445. The molecular formula is C13H8ClFN2O. The second kappa shape index (κ2) is 4.94. The molecule has 90 valence electrons. The van der Waals surface area contributed by atoms with Gasteiger partial charge in [0, 0.05) is 6.07 Å². The van der Waals surface area contributed by atoms with Gasteiger partial charge < -0.3 is 10.5 Å². The third kappa shape index (κ3) is 2.36. The molecule has 2 aromatic carbocycles. The highest BCUT2D eigenvalue weighted by Crippen LogP contribution is 2.32. The molecule has 18 heavy (non-hydrogen) atoms. The number of nitrogens with two attached hydrogens (primary N) is 1. The van der Waals surface area contributed by atoms with Crippen molar-refractivity contribution in [1.29, 1.82) is 5.26 Å². The molecule has 0 radical (unpaired) electrons. The molecule has 0 fully saturated rings. The van der Waals surface area contributed by atoms with Gasteiger partial charge in [0.2, 0.25) is 0 Å². The summed E-state index contributed by atoms with van der Waals surface area (Å²) in [6.45, 7) is 0. The molecule has 3 nitrogen and oxygen atoms in total. The van der Waals surface area contributed by atoms with Crippen LogP contribution >= 0.6 is 11.6 Å². The van der Waals surface area contributed by atoms with Crippen LogP contribution in [0.2, 0.25) is 5.02 Å². The first-order valence-corrected chi connectivity index (χ1v) is 5.41. The first-order chi connectivity index (χ1) is 8.61. The summed E-state index contributed by atoms with van der Waals surface area (Å²) in [7, 11) is 0. The molecule has 0 saturated heterocycles. The van der Waals surface area contributed by atoms with E-state index in [1.807, 2.05) is 6.07 Å². The van der Waals surface area contributed by atoms with E-state index in [4.69, 9.17) is 27.3 Å². The Morgan fingerprint density at radius 1 is 1.28 bits per heavy atom. The highest BCUT2D eigenvalue weighted by molar-refractivity contribution is 6.31. The Balaban J connectivity index is 2.35. The second-order valence-electron chi connectivity index (χ2n) is 3.51. The van der Waals surface area contributed by atoms with Crippen LogP contribution in [0.25, 0.3) is 0 Å². The molecular weight excluding hydrogens is 255 g/mol. The van der Waals surface area contributed by atoms with E-state index in [0.717, 1.165) is 0 Å². The average Bonchev–Trinajstić information content (AvgIpc) is 2.34. The maximum atomic E-state index is 13.5. The van der Waals surface area contributed by atoms with E-state index in [1.54, 1.807) is 0 Å². The van der Waals surface area contributed by atoms with Crippen molar-refractivity contribution in [2.24, 2.45) is 0 Å². The van der Waals surface area contributed by atoms with E-state index < -0.39 is 5.82 Å². The minimum Gasteiger partial charge on any atom is -0.452 e. The standard InChI is InChI=1S/C13H8ClFN2O/c14-10-6-9(5-4-8(10)7-16)18-13-11(15)2-1-3-12(13)17/h1-6H,17H2. The van der Waals surface area contributed by atoms with E-state index in [1.165, 1.54) is 36.4 Å². The minimum absolute atomic E-state index is 0.0572. The van der Waals surface area contributed by atoms with Crippen molar-refractivity contribution in [3.8, 4) is 17.6 Å². The van der Waals surface area contributed by atoms with Gasteiger partial charge in [-0.05, 0) is 24.3 Å². The van der Waals surface area contributed by atoms with Crippen LogP contribution in [0.3, 0.4) is 0 Å². The first-order valence-electron chi connectivity index (χ1n) is 5.03. The van der Waals surface area contributed by atoms with Crippen molar-refractivity contribution in [2.75, 3.05) is 5.73 Å². The Morgan fingerprint density at radius 2 is 2.06 bits per heavy atom. The van der Waals surface area contributed by atoms with Crippen molar-refractivity contribution in [2.45, 2.75) is 0 Å². The molecule has 0 aliphatic rings. The largest absolute Gasteiger partial charge is 0.452 e. The van der Waals surface area contributed by atoms with Gasteiger partial charge >= 0.3 is 0 Å². The molecule has 0 atom stereocenters. The Kier molecular flexibility index (Phi) is 3.35. The molecule has 0 unspecified atom stereocenters. The number of para-hydroxylation sites is 1. The number of rotatable bonds is 2. The molecule has 0 aliphatic carbocycles. The summed E-state index contributed by atoms with van der Waals surface area (Å²) in [6.07, 6.45) is 0. The van der Waals surface area contributed by atoms with Crippen LogP contribution < -0.4 is 10.5 Å². The van der Waals surface area contributed by atoms with Crippen molar-refractivity contribution in [3.63, 3.8) is 0 Å². The second-order valence-corrected chi connectivity index (χ2v) is 3.92. The van der Waals surface area contributed by atoms with Crippen molar-refractivity contribution >= 4 is 17.3 Å². The molecule has 0 bridgehead atoms. The van der Waals surface area contributed by atoms with Crippen LogP contribution in [-0.2, 0) is 0 Å². The third-order valence-electron chi connectivity index (χ3n) is 2.28. The van der Waals surface area contributed by atoms with Crippen molar-refractivity contribution < 1.29 is 9.13 Å². The topological polar surface area (TPSA) is 59.0 Å². The summed E-state index contributed by atoms with van der Waals surface area (Å²) in [5.74, 6) is -0.301. The van der Waals surface area contributed by atoms with Gasteiger partial charge in [0.05, 0.1) is 16.3 Å². The van der Waals surface area contributed by atoms with E-state index in [0.29, 0.717) is 11.3 Å². The third-order valence-corrected chi connectivity index (χ3v) is 2.59. The van der Waals surface area contributed by atoms with Gasteiger partial charge in [-0.2, -0.15) is 5.26 Å². The zero-order valence-electron chi connectivity index (χ0n) is 9.15. The maximum Gasteiger partial charge on any atom is 0.185 e. The van der Waals surface area contributed by atoms with Crippen LogP contribution in [0.5, 0.6) is 11.5 Å². The lowest BCUT2D eigenvalue weighted by Gasteiger charge is -2.09. The molecule has 2 N–H and O–H groups in total. The number of nitriles is 1. The van der Waals surface area contributed by atoms with E-state index in [9.17, 15) is 4.39 Å². The molecule has 2 rings (SSSR count). The number of hydrogen-bond donors (Lipinski definition) is 1. The molecule has 0 amide bonds. The fraction of sp³-hybridized carbons (Fsp3) is 0. The van der Waals surface area contributed by atoms with Gasteiger partial charge in [-0.3, -0.25) is 0 Å². The van der Waals surface area contributed by atoms with Gasteiger partial charge in [0.25, 0.3) is 0 Å². The van der Waals surface area contributed by atoms with Crippen LogP contribution in [0, 0.1) is 17.1 Å². The van der Waals surface area contributed by atoms with Gasteiger partial charge in [-0.25, -0.2) is 4.39 Å². The molecule has 0 aliphatic heterocycles. The SMILES string of the molecule is N#Cc1ccc(Oc2c(N)cccc2F)cc1Cl. The summed E-state index contributed by atoms with van der Waals surface area (Å²) in [5, 5.41) is 8.97. The molecule has 0 spiro atoms. The number of nitrogen functional groups attached to an aromatic ring is 1. The number of anilines is 1.